The lowest BCUT2D eigenvalue weighted by atomic mass is 9.93. The summed E-state index contributed by atoms with van der Waals surface area (Å²) in [7, 11) is 1.75. The maximum atomic E-state index is 12.1. The molecule has 1 amide bonds. The van der Waals surface area contributed by atoms with E-state index in [2.05, 4.69) is 11.4 Å². The summed E-state index contributed by atoms with van der Waals surface area (Å²) in [6, 6.07) is 0. The molecule has 1 rings (SSSR count). The summed E-state index contributed by atoms with van der Waals surface area (Å²) in [6.07, 6.45) is 6.01. The Morgan fingerprint density at radius 3 is 2.47 bits per heavy atom. The van der Waals surface area contributed by atoms with Crippen molar-refractivity contribution in [3.63, 3.8) is 0 Å². The Morgan fingerprint density at radius 1 is 1.42 bits per heavy atom. The molecule has 0 unspecified atom stereocenters. The minimum absolute atomic E-state index is 0.0574. The van der Waals surface area contributed by atoms with Crippen LogP contribution in [0.2, 0.25) is 0 Å². The van der Waals surface area contributed by atoms with Gasteiger partial charge in [0.1, 0.15) is 5.54 Å². The van der Waals surface area contributed by atoms with E-state index in [0.29, 0.717) is 12.8 Å². The van der Waals surface area contributed by atoms with Crippen molar-refractivity contribution in [2.75, 3.05) is 13.6 Å². The van der Waals surface area contributed by atoms with Crippen LogP contribution >= 0.6 is 0 Å². The van der Waals surface area contributed by atoms with Crippen LogP contribution in [-0.2, 0) is 9.59 Å². The van der Waals surface area contributed by atoms with Crippen LogP contribution in [-0.4, -0.2) is 41.0 Å². The van der Waals surface area contributed by atoms with E-state index in [4.69, 9.17) is 0 Å². The molecule has 5 nitrogen and oxygen atoms in total. The fraction of sp³-hybridized carbons (Fsp3) is 0.714. The molecule has 0 bridgehead atoms. The maximum Gasteiger partial charge on any atom is 0.323 e. The molecule has 0 aromatic carbocycles. The third-order valence-corrected chi connectivity index (χ3v) is 4.02. The largest absolute Gasteiger partial charge is 0.480 e. The van der Waals surface area contributed by atoms with Gasteiger partial charge in [0.15, 0.2) is 0 Å². The molecule has 2 N–H and O–H groups in total. The van der Waals surface area contributed by atoms with Crippen LogP contribution in [0.4, 0.5) is 0 Å². The van der Waals surface area contributed by atoms with E-state index >= 15 is 0 Å². The molecule has 1 aliphatic carbocycles. The molecular weight excluding hydrogens is 244 g/mol. The summed E-state index contributed by atoms with van der Waals surface area (Å²) in [5.74, 6) is -0.978. The quantitative estimate of drug-likeness (QED) is 0.738. The molecule has 0 aromatic rings. The van der Waals surface area contributed by atoms with Crippen molar-refractivity contribution < 1.29 is 14.7 Å². The molecule has 5 heteroatoms. The first-order valence-corrected chi connectivity index (χ1v) is 6.91. The molecule has 0 radical (unpaired) electrons. The van der Waals surface area contributed by atoms with Crippen LogP contribution in [0.25, 0.3) is 0 Å². The fourth-order valence-electron chi connectivity index (χ4n) is 2.36. The third kappa shape index (κ3) is 3.56. The van der Waals surface area contributed by atoms with E-state index in [1.165, 1.54) is 0 Å². The van der Waals surface area contributed by atoms with Crippen LogP contribution in [0.5, 0.6) is 0 Å². The van der Waals surface area contributed by atoms with Gasteiger partial charge >= 0.3 is 5.97 Å². The number of nitrogens with one attached hydrogen (secondary N) is 1. The van der Waals surface area contributed by atoms with Crippen LogP contribution in [0.3, 0.4) is 0 Å². The smallest absolute Gasteiger partial charge is 0.323 e. The Kier molecular flexibility index (Phi) is 5.54. The summed E-state index contributed by atoms with van der Waals surface area (Å²) >= 11 is 0. The van der Waals surface area contributed by atoms with Crippen molar-refractivity contribution in [2.24, 2.45) is 0 Å². The van der Waals surface area contributed by atoms with Crippen molar-refractivity contribution >= 4 is 11.9 Å². The Morgan fingerprint density at radius 2 is 2.05 bits per heavy atom. The Labute approximate surface area is 114 Å². The van der Waals surface area contributed by atoms with E-state index < -0.39 is 11.5 Å². The number of amides is 1. The first kappa shape index (κ1) is 15.7. The minimum Gasteiger partial charge on any atom is -0.480 e. The van der Waals surface area contributed by atoms with Crippen LogP contribution in [0.1, 0.15) is 46.0 Å². The molecule has 1 aliphatic rings. The molecule has 0 heterocycles. The lowest BCUT2D eigenvalue weighted by Gasteiger charge is -2.29. The average molecular weight is 268 g/mol. The summed E-state index contributed by atoms with van der Waals surface area (Å²) in [5.41, 5.74) is 0.0429. The highest BCUT2D eigenvalue weighted by molar-refractivity contribution is 5.83. The first-order chi connectivity index (χ1) is 8.96. The zero-order valence-corrected chi connectivity index (χ0v) is 12.0. The number of carboxylic acid groups (broad SMARTS) is 1. The molecule has 0 aliphatic heterocycles. The van der Waals surface area contributed by atoms with Gasteiger partial charge in [-0.05, 0) is 32.1 Å². The third-order valence-electron chi connectivity index (χ3n) is 4.02. The van der Waals surface area contributed by atoms with Crippen molar-refractivity contribution in [3.8, 4) is 0 Å². The minimum atomic E-state index is -0.999. The summed E-state index contributed by atoms with van der Waals surface area (Å²) in [5, 5.41) is 12.2. The number of nitrogens with zero attached hydrogens (tertiary/aromatic N) is 1. The Hall–Kier alpha value is -1.36. The van der Waals surface area contributed by atoms with E-state index in [9.17, 15) is 14.7 Å². The number of hydrogen-bond acceptors (Lipinski definition) is 3. The Bertz CT molecular complexity index is 373. The number of aliphatic carboxylic acids is 1. The zero-order chi connectivity index (χ0) is 14.5. The number of carbonyl (C=O) groups excluding carboxylic acids is 1. The van der Waals surface area contributed by atoms with Gasteiger partial charge in [-0.2, -0.15) is 0 Å². The van der Waals surface area contributed by atoms with Crippen molar-refractivity contribution in [3.05, 3.63) is 11.8 Å². The number of allylic oxidation sites excluding steroid dienone is 2. The highest BCUT2D eigenvalue weighted by Crippen LogP contribution is 2.20. The zero-order valence-electron chi connectivity index (χ0n) is 12.0. The van der Waals surface area contributed by atoms with Gasteiger partial charge in [-0.15, -0.1) is 0 Å². The van der Waals surface area contributed by atoms with Crippen molar-refractivity contribution in [1.29, 1.82) is 0 Å². The van der Waals surface area contributed by atoms with Gasteiger partial charge in [-0.25, -0.2) is 0 Å². The molecule has 0 saturated heterocycles. The molecule has 108 valence electrons. The van der Waals surface area contributed by atoms with Crippen molar-refractivity contribution in [1.82, 2.24) is 10.2 Å². The van der Waals surface area contributed by atoms with Gasteiger partial charge < -0.3 is 10.0 Å². The summed E-state index contributed by atoms with van der Waals surface area (Å²) in [6.45, 7) is 3.69. The molecule has 0 atom stereocenters. The van der Waals surface area contributed by atoms with Crippen LogP contribution < -0.4 is 5.32 Å². The molecule has 19 heavy (non-hydrogen) atoms. The lowest BCUT2D eigenvalue weighted by Crippen LogP contribution is -2.54. The number of hydrogen-bond donors (Lipinski definition) is 2. The molecule has 0 fully saturated rings. The number of likely N-dealkylation sites (N-methyl/N-ethyl adjacent to an activating group) is 1. The molecule has 0 spiro atoms. The second-order valence-electron chi connectivity index (χ2n) is 4.99. The predicted molar refractivity (Wildman–Crippen MR) is 73.7 cm³/mol. The van der Waals surface area contributed by atoms with E-state index in [1.54, 1.807) is 11.9 Å². The highest BCUT2D eigenvalue weighted by atomic mass is 16.4. The van der Waals surface area contributed by atoms with E-state index in [1.807, 2.05) is 13.8 Å². The number of carbonyl (C=O) groups is 2. The molecule has 0 aromatic heterocycles. The summed E-state index contributed by atoms with van der Waals surface area (Å²) in [4.78, 5) is 25.0. The van der Waals surface area contributed by atoms with Gasteiger partial charge in [0.25, 0.3) is 0 Å². The maximum absolute atomic E-state index is 12.1. The normalized spacial score (nSPS) is 15.2. The average Bonchev–Trinajstić information content (AvgIpc) is 2.92. The molecular formula is C14H24N2O3. The highest BCUT2D eigenvalue weighted by Gasteiger charge is 2.35. The second kappa shape index (κ2) is 6.70. The fourth-order valence-corrected chi connectivity index (χ4v) is 2.36. The topological polar surface area (TPSA) is 69.6 Å². The number of carboxylic acids is 1. The van der Waals surface area contributed by atoms with Gasteiger partial charge in [0.05, 0.1) is 6.54 Å². The number of rotatable bonds is 7. The second-order valence-corrected chi connectivity index (χ2v) is 4.99. The van der Waals surface area contributed by atoms with Gasteiger partial charge in [0.2, 0.25) is 5.91 Å². The van der Waals surface area contributed by atoms with Gasteiger partial charge in [-0.3, -0.25) is 14.9 Å². The van der Waals surface area contributed by atoms with Gasteiger partial charge in [0, 0.05) is 12.7 Å². The molecule has 0 saturated carbocycles. The van der Waals surface area contributed by atoms with Crippen molar-refractivity contribution in [2.45, 2.75) is 51.5 Å². The summed E-state index contributed by atoms with van der Waals surface area (Å²) < 4.78 is 0. The Balaban J connectivity index is 2.59. The monoisotopic (exact) mass is 268 g/mol. The lowest BCUT2D eigenvalue weighted by molar-refractivity contribution is -0.145. The predicted octanol–water partition coefficient (Wildman–Crippen LogP) is 1.75. The SMILES string of the molecule is CCC(CC)(NCC(=O)N(C)C1=CCCC1)C(=O)O. The standard InChI is InChI=1S/C14H24N2O3/c1-4-14(5-2,13(18)19)15-10-12(17)16(3)11-8-6-7-9-11/h8,15H,4-7,9-10H2,1-3H3,(H,18,19). The van der Waals surface area contributed by atoms with Gasteiger partial charge in [-0.1, -0.05) is 19.9 Å². The van der Waals surface area contributed by atoms with E-state index in [-0.39, 0.29) is 12.5 Å². The van der Waals surface area contributed by atoms with Crippen LogP contribution in [0, 0.1) is 0 Å². The van der Waals surface area contributed by atoms with E-state index in [0.717, 1.165) is 25.0 Å². The first-order valence-electron chi connectivity index (χ1n) is 6.91. The van der Waals surface area contributed by atoms with Crippen LogP contribution in [0.15, 0.2) is 11.8 Å².